The molecule has 0 amide bonds. The van der Waals surface area contributed by atoms with Crippen molar-refractivity contribution in [2.45, 2.75) is 19.1 Å². The average molecular weight is 286 g/mol. The van der Waals surface area contributed by atoms with Crippen LogP contribution in [0.25, 0.3) is 0 Å². The highest BCUT2D eigenvalue weighted by Gasteiger charge is 2.23. The molecule has 0 saturated carbocycles. The van der Waals surface area contributed by atoms with E-state index in [1.165, 1.54) is 19.1 Å². The van der Waals surface area contributed by atoms with Crippen molar-refractivity contribution in [3.05, 3.63) is 33.9 Å². The van der Waals surface area contributed by atoms with Crippen LogP contribution in [-0.2, 0) is 4.79 Å². The number of nitrogen functional groups attached to an aromatic ring is 1. The van der Waals surface area contributed by atoms with Crippen molar-refractivity contribution in [1.82, 2.24) is 0 Å². The fourth-order valence-corrected chi connectivity index (χ4v) is 2.02. The molecule has 2 atom stereocenters. The van der Waals surface area contributed by atoms with Gasteiger partial charge in [-0.1, -0.05) is 11.8 Å². The molecule has 8 heteroatoms. The predicted octanol–water partition coefficient (Wildman–Crippen LogP) is 0.851. The lowest BCUT2D eigenvalue weighted by Crippen LogP contribution is -2.22. The summed E-state index contributed by atoms with van der Waals surface area (Å²) < 4.78 is 0. The molecule has 0 aliphatic rings. The van der Waals surface area contributed by atoms with Crippen molar-refractivity contribution in [3.8, 4) is 0 Å². The van der Waals surface area contributed by atoms with Gasteiger partial charge in [-0.3, -0.25) is 14.9 Å². The molecule has 0 radical (unpaired) electrons. The summed E-state index contributed by atoms with van der Waals surface area (Å²) in [6, 6.07) is 3.62. The number of rotatable bonds is 5. The monoisotopic (exact) mass is 286 g/mol. The molecule has 1 aromatic carbocycles. The molecule has 104 valence electrons. The van der Waals surface area contributed by atoms with Crippen molar-refractivity contribution in [3.63, 3.8) is 0 Å². The normalized spacial score (nSPS) is 13.8. The Morgan fingerprint density at radius 1 is 1.53 bits per heavy atom. The van der Waals surface area contributed by atoms with Gasteiger partial charge in [-0.15, -0.1) is 0 Å². The number of carbonyl (C=O) groups is 1. The van der Waals surface area contributed by atoms with E-state index in [0.29, 0.717) is 0 Å². The molecule has 0 saturated heterocycles. The number of nitrogens with zero attached hydrogens (tertiary/aromatic N) is 1. The number of aliphatic hydroxyl groups is 2. The number of carbonyl (C=O) groups excluding carboxylic acids is 1. The number of nitrogens with two attached hydrogens (primary N) is 1. The Hall–Kier alpha value is -1.64. The third-order valence-electron chi connectivity index (χ3n) is 2.42. The smallest absolute Gasteiger partial charge is 0.269 e. The Balaban J connectivity index is 2.91. The number of nitro benzene ring substituents is 1. The van der Waals surface area contributed by atoms with Crippen molar-refractivity contribution in [1.29, 1.82) is 0 Å². The molecular weight excluding hydrogens is 272 g/mol. The number of hydrogen-bond acceptors (Lipinski definition) is 7. The third-order valence-corrected chi connectivity index (χ3v) is 3.34. The Morgan fingerprint density at radius 2 is 2.16 bits per heavy atom. The van der Waals surface area contributed by atoms with Gasteiger partial charge in [0.15, 0.2) is 5.12 Å². The Labute approximate surface area is 113 Å². The maximum Gasteiger partial charge on any atom is 0.269 e. The van der Waals surface area contributed by atoms with Crippen LogP contribution in [-0.4, -0.2) is 32.1 Å². The van der Waals surface area contributed by atoms with Crippen molar-refractivity contribution < 1.29 is 19.9 Å². The molecule has 0 aliphatic heterocycles. The second kappa shape index (κ2) is 6.50. The number of benzene rings is 1. The zero-order valence-electron chi connectivity index (χ0n) is 10.1. The van der Waals surface area contributed by atoms with Crippen LogP contribution in [0.15, 0.2) is 18.2 Å². The second-order valence-electron chi connectivity index (χ2n) is 3.89. The first-order chi connectivity index (χ1) is 8.82. The predicted molar refractivity (Wildman–Crippen MR) is 71.6 cm³/mol. The van der Waals surface area contributed by atoms with Crippen LogP contribution in [0.4, 0.5) is 11.4 Å². The molecule has 0 aliphatic carbocycles. The summed E-state index contributed by atoms with van der Waals surface area (Å²) in [5, 5.41) is 30.1. The van der Waals surface area contributed by atoms with Crippen LogP contribution in [0.1, 0.15) is 18.6 Å². The lowest BCUT2D eigenvalue weighted by Gasteiger charge is -2.18. The Bertz CT molecular complexity index is 494. The summed E-state index contributed by atoms with van der Waals surface area (Å²) in [5.74, 6) is -0.0152. The molecule has 0 spiro atoms. The molecule has 0 aromatic heterocycles. The highest BCUT2D eigenvalue weighted by molar-refractivity contribution is 8.13. The summed E-state index contributed by atoms with van der Waals surface area (Å²) in [6.07, 6.45) is -2.62. The van der Waals surface area contributed by atoms with Crippen LogP contribution in [0.5, 0.6) is 0 Å². The van der Waals surface area contributed by atoms with E-state index in [4.69, 9.17) is 5.73 Å². The minimum absolute atomic E-state index is 0.0152. The largest absolute Gasteiger partial charge is 0.398 e. The standard InChI is InChI=1S/C11H14N2O5S/c1-6(14)19-5-10(15)11(16)8-4-7(13(17)18)2-3-9(8)12/h2-4,10-11,15-16H,5,12H2,1H3. The third kappa shape index (κ3) is 4.19. The van der Waals surface area contributed by atoms with Crippen molar-refractivity contribution >= 4 is 28.3 Å². The zero-order valence-corrected chi connectivity index (χ0v) is 11.0. The maximum atomic E-state index is 10.8. The van der Waals surface area contributed by atoms with Gasteiger partial charge in [0.25, 0.3) is 5.69 Å². The molecule has 1 rings (SSSR count). The van der Waals surface area contributed by atoms with Crippen LogP contribution < -0.4 is 5.73 Å². The first kappa shape index (κ1) is 15.4. The number of anilines is 1. The van der Waals surface area contributed by atoms with Crippen LogP contribution in [0, 0.1) is 10.1 Å². The molecule has 0 bridgehead atoms. The lowest BCUT2D eigenvalue weighted by molar-refractivity contribution is -0.385. The van der Waals surface area contributed by atoms with E-state index in [1.54, 1.807) is 0 Å². The van der Waals surface area contributed by atoms with E-state index in [0.717, 1.165) is 17.8 Å². The van der Waals surface area contributed by atoms with Gasteiger partial charge in [0.2, 0.25) is 0 Å². The van der Waals surface area contributed by atoms with Gasteiger partial charge in [-0.25, -0.2) is 0 Å². The molecule has 0 fully saturated rings. The molecular formula is C11H14N2O5S. The van der Waals surface area contributed by atoms with Gasteiger partial charge in [-0.05, 0) is 6.07 Å². The van der Waals surface area contributed by atoms with Gasteiger partial charge < -0.3 is 15.9 Å². The molecule has 2 unspecified atom stereocenters. The highest BCUT2D eigenvalue weighted by Crippen LogP contribution is 2.28. The summed E-state index contributed by atoms with van der Waals surface area (Å²) in [6.45, 7) is 1.34. The highest BCUT2D eigenvalue weighted by atomic mass is 32.2. The second-order valence-corrected chi connectivity index (χ2v) is 5.08. The molecule has 0 heterocycles. The number of thioether (sulfide) groups is 1. The zero-order chi connectivity index (χ0) is 14.6. The molecule has 4 N–H and O–H groups in total. The fraction of sp³-hybridized carbons (Fsp3) is 0.364. The lowest BCUT2D eigenvalue weighted by atomic mass is 10.0. The quantitative estimate of drug-likeness (QED) is 0.416. The van der Waals surface area contributed by atoms with Gasteiger partial charge in [0.1, 0.15) is 6.10 Å². The fourth-order valence-electron chi connectivity index (χ4n) is 1.43. The summed E-state index contributed by atoms with van der Waals surface area (Å²) >= 11 is 0.855. The van der Waals surface area contributed by atoms with Gasteiger partial charge in [-0.2, -0.15) is 0 Å². The van der Waals surface area contributed by atoms with Gasteiger partial charge in [0.05, 0.1) is 11.0 Å². The van der Waals surface area contributed by atoms with E-state index < -0.39 is 17.1 Å². The number of aliphatic hydroxyl groups excluding tert-OH is 2. The van der Waals surface area contributed by atoms with E-state index in [9.17, 15) is 25.1 Å². The average Bonchev–Trinajstić information content (AvgIpc) is 2.35. The van der Waals surface area contributed by atoms with Crippen LogP contribution >= 0.6 is 11.8 Å². The van der Waals surface area contributed by atoms with E-state index in [-0.39, 0.29) is 27.8 Å². The molecule has 7 nitrogen and oxygen atoms in total. The van der Waals surface area contributed by atoms with Crippen molar-refractivity contribution in [2.24, 2.45) is 0 Å². The summed E-state index contributed by atoms with van der Waals surface area (Å²) in [5.41, 5.74) is 5.61. The minimum Gasteiger partial charge on any atom is -0.398 e. The minimum atomic E-state index is -1.38. The van der Waals surface area contributed by atoms with E-state index >= 15 is 0 Å². The molecule has 19 heavy (non-hydrogen) atoms. The van der Waals surface area contributed by atoms with E-state index in [1.807, 2.05) is 0 Å². The Kier molecular flexibility index (Phi) is 5.28. The first-order valence-corrected chi connectivity index (χ1v) is 6.34. The number of non-ortho nitro benzene ring substituents is 1. The maximum absolute atomic E-state index is 10.8. The van der Waals surface area contributed by atoms with Gasteiger partial charge in [0, 0.05) is 36.1 Å². The summed E-state index contributed by atoms with van der Waals surface area (Å²) in [4.78, 5) is 20.8. The van der Waals surface area contributed by atoms with Crippen LogP contribution in [0.2, 0.25) is 0 Å². The topological polar surface area (TPSA) is 127 Å². The molecule has 1 aromatic rings. The van der Waals surface area contributed by atoms with Gasteiger partial charge >= 0.3 is 0 Å². The SMILES string of the molecule is CC(=O)SCC(O)C(O)c1cc([N+](=O)[O-])ccc1N. The number of hydrogen-bond donors (Lipinski definition) is 3. The number of nitro groups is 1. The van der Waals surface area contributed by atoms with Crippen LogP contribution in [0.3, 0.4) is 0 Å². The van der Waals surface area contributed by atoms with Crippen molar-refractivity contribution in [2.75, 3.05) is 11.5 Å². The summed E-state index contributed by atoms with van der Waals surface area (Å²) in [7, 11) is 0. The first-order valence-electron chi connectivity index (χ1n) is 5.36. The van der Waals surface area contributed by atoms with E-state index in [2.05, 4.69) is 0 Å². The Morgan fingerprint density at radius 3 is 2.68 bits per heavy atom.